The summed E-state index contributed by atoms with van der Waals surface area (Å²) in [6, 6.07) is 14.1. The Morgan fingerprint density at radius 3 is 2.72 bits per heavy atom. The van der Waals surface area contributed by atoms with Crippen LogP contribution in [0, 0.1) is 0 Å². The van der Waals surface area contributed by atoms with E-state index in [0.29, 0.717) is 0 Å². The van der Waals surface area contributed by atoms with Crippen LogP contribution in [0.1, 0.15) is 0 Å². The summed E-state index contributed by atoms with van der Waals surface area (Å²) in [6.45, 7) is 0. The lowest BCUT2D eigenvalue weighted by Gasteiger charge is -1.94. The number of rotatable bonds is 1. The van der Waals surface area contributed by atoms with Crippen molar-refractivity contribution in [2.45, 2.75) is 0 Å². The smallest absolute Gasteiger partial charge is 0.136 e. The number of nitrogens with one attached hydrogen (secondary N) is 1. The van der Waals surface area contributed by atoms with Crippen molar-refractivity contribution in [3.8, 4) is 11.3 Å². The van der Waals surface area contributed by atoms with Crippen molar-refractivity contribution in [1.29, 1.82) is 0 Å². The van der Waals surface area contributed by atoms with Gasteiger partial charge in [0.25, 0.3) is 0 Å². The van der Waals surface area contributed by atoms with Crippen LogP contribution in [-0.4, -0.2) is 15.4 Å². The fourth-order valence-corrected chi connectivity index (χ4v) is 2.23. The van der Waals surface area contributed by atoms with Crippen LogP contribution in [0.2, 0.25) is 0 Å². The van der Waals surface area contributed by atoms with E-state index in [-0.39, 0.29) is 0 Å². The monoisotopic (exact) mass is 235 g/mol. The van der Waals surface area contributed by atoms with Crippen molar-refractivity contribution < 1.29 is 4.42 Å². The Morgan fingerprint density at radius 1 is 0.944 bits per heavy atom. The maximum Gasteiger partial charge on any atom is 0.136 e. The Kier molecular flexibility index (Phi) is 1.80. The van der Waals surface area contributed by atoms with Crippen LogP contribution < -0.4 is 0 Å². The maximum atomic E-state index is 5.83. The van der Waals surface area contributed by atoms with Gasteiger partial charge in [-0.1, -0.05) is 24.3 Å². The zero-order chi connectivity index (χ0) is 11.9. The summed E-state index contributed by atoms with van der Waals surface area (Å²) in [5.41, 5.74) is 3.59. The second kappa shape index (κ2) is 3.43. The largest absolute Gasteiger partial charge is 0.456 e. The highest BCUT2D eigenvalue weighted by Gasteiger charge is 2.08. The first-order valence-corrected chi connectivity index (χ1v) is 5.69. The Bertz CT molecular complexity index is 831. The van der Waals surface area contributed by atoms with Crippen molar-refractivity contribution in [3.63, 3.8) is 0 Å². The number of fused-ring (bicyclic) bond motifs is 3. The van der Waals surface area contributed by atoms with E-state index >= 15 is 0 Å². The molecular weight excluding hydrogens is 226 g/mol. The molecule has 0 bridgehead atoms. The SMILES string of the molecule is c1ccc2c(c1)oc1cc(-c3cn[nH]n3)ccc12. The van der Waals surface area contributed by atoms with Gasteiger partial charge in [-0.05, 0) is 18.2 Å². The number of benzene rings is 2. The molecule has 86 valence electrons. The average molecular weight is 235 g/mol. The van der Waals surface area contributed by atoms with E-state index in [9.17, 15) is 0 Å². The van der Waals surface area contributed by atoms with Crippen molar-refractivity contribution in [2.75, 3.05) is 0 Å². The Balaban J connectivity index is 2.04. The molecule has 2 aromatic carbocycles. The number of nitrogens with zero attached hydrogens (tertiary/aromatic N) is 2. The first kappa shape index (κ1) is 9.41. The number of para-hydroxylation sites is 1. The first-order chi connectivity index (χ1) is 8.92. The lowest BCUT2D eigenvalue weighted by Crippen LogP contribution is -1.77. The number of hydrogen-bond acceptors (Lipinski definition) is 3. The first-order valence-electron chi connectivity index (χ1n) is 5.69. The van der Waals surface area contributed by atoms with E-state index in [0.717, 1.165) is 33.2 Å². The molecule has 0 aliphatic carbocycles. The molecule has 0 saturated heterocycles. The third kappa shape index (κ3) is 1.26. The van der Waals surface area contributed by atoms with E-state index in [1.54, 1.807) is 6.20 Å². The Labute approximate surface area is 102 Å². The molecule has 0 amide bonds. The molecule has 18 heavy (non-hydrogen) atoms. The van der Waals surface area contributed by atoms with Gasteiger partial charge >= 0.3 is 0 Å². The molecule has 0 fully saturated rings. The summed E-state index contributed by atoms with van der Waals surface area (Å²) >= 11 is 0. The van der Waals surface area contributed by atoms with Gasteiger partial charge in [-0.25, -0.2) is 0 Å². The quantitative estimate of drug-likeness (QED) is 0.550. The third-order valence-electron chi connectivity index (χ3n) is 3.09. The molecule has 0 aliphatic heterocycles. The molecule has 4 aromatic rings. The predicted octanol–water partition coefficient (Wildman–Crippen LogP) is 3.37. The van der Waals surface area contributed by atoms with Gasteiger partial charge in [0.2, 0.25) is 0 Å². The van der Waals surface area contributed by atoms with Crippen LogP contribution in [0.15, 0.2) is 53.1 Å². The van der Waals surface area contributed by atoms with Gasteiger partial charge in [-0.15, -0.1) is 0 Å². The molecule has 4 nitrogen and oxygen atoms in total. The van der Waals surface area contributed by atoms with Gasteiger partial charge in [0, 0.05) is 16.3 Å². The molecular formula is C14H9N3O. The van der Waals surface area contributed by atoms with E-state index < -0.39 is 0 Å². The summed E-state index contributed by atoms with van der Waals surface area (Å²) in [4.78, 5) is 0. The number of aromatic nitrogens is 3. The van der Waals surface area contributed by atoms with Crippen LogP contribution in [0.5, 0.6) is 0 Å². The summed E-state index contributed by atoms with van der Waals surface area (Å²) in [7, 11) is 0. The minimum Gasteiger partial charge on any atom is -0.456 e. The normalized spacial score (nSPS) is 11.3. The van der Waals surface area contributed by atoms with Crippen molar-refractivity contribution in [1.82, 2.24) is 15.4 Å². The lowest BCUT2D eigenvalue weighted by molar-refractivity contribution is 0.669. The highest BCUT2D eigenvalue weighted by atomic mass is 16.3. The fraction of sp³-hybridized carbons (Fsp3) is 0. The number of hydrogen-bond donors (Lipinski definition) is 1. The molecule has 1 N–H and O–H groups in total. The minimum absolute atomic E-state index is 0.817. The van der Waals surface area contributed by atoms with E-state index in [1.807, 2.05) is 30.3 Å². The second-order valence-electron chi connectivity index (χ2n) is 4.16. The van der Waals surface area contributed by atoms with Gasteiger partial charge < -0.3 is 4.42 Å². The van der Waals surface area contributed by atoms with Crippen LogP contribution in [0.3, 0.4) is 0 Å². The van der Waals surface area contributed by atoms with E-state index in [1.165, 1.54) is 0 Å². The summed E-state index contributed by atoms with van der Waals surface area (Å²) < 4.78 is 5.83. The molecule has 4 heteroatoms. The van der Waals surface area contributed by atoms with Crippen molar-refractivity contribution >= 4 is 21.9 Å². The molecule has 0 spiro atoms. The highest BCUT2D eigenvalue weighted by molar-refractivity contribution is 6.05. The van der Waals surface area contributed by atoms with Gasteiger partial charge in [0.05, 0.1) is 6.20 Å². The fourth-order valence-electron chi connectivity index (χ4n) is 2.23. The Hall–Kier alpha value is -2.62. The summed E-state index contributed by atoms with van der Waals surface area (Å²) in [5, 5.41) is 12.8. The number of furan rings is 1. The second-order valence-corrected chi connectivity index (χ2v) is 4.16. The van der Waals surface area contributed by atoms with E-state index in [2.05, 4.69) is 27.5 Å². The zero-order valence-electron chi connectivity index (χ0n) is 9.42. The van der Waals surface area contributed by atoms with Crippen LogP contribution in [0.25, 0.3) is 33.2 Å². The van der Waals surface area contributed by atoms with Crippen LogP contribution in [0.4, 0.5) is 0 Å². The standard InChI is InChI=1S/C14H9N3O/c1-2-4-13-10(3-1)11-6-5-9(7-14(11)18-13)12-8-15-17-16-12/h1-8H,(H,15,16,17). The van der Waals surface area contributed by atoms with Gasteiger partial charge in [-0.2, -0.15) is 15.4 Å². The van der Waals surface area contributed by atoms with Gasteiger partial charge in [-0.3, -0.25) is 0 Å². The zero-order valence-corrected chi connectivity index (χ0v) is 9.42. The number of aromatic amines is 1. The predicted molar refractivity (Wildman–Crippen MR) is 69.1 cm³/mol. The van der Waals surface area contributed by atoms with Gasteiger partial charge in [0.1, 0.15) is 16.9 Å². The summed E-state index contributed by atoms with van der Waals surface area (Å²) in [5.74, 6) is 0. The summed E-state index contributed by atoms with van der Waals surface area (Å²) in [6.07, 6.45) is 1.70. The minimum atomic E-state index is 0.817. The molecule has 2 aromatic heterocycles. The molecule has 0 aliphatic rings. The maximum absolute atomic E-state index is 5.83. The van der Waals surface area contributed by atoms with E-state index in [4.69, 9.17) is 4.42 Å². The number of H-pyrrole nitrogens is 1. The molecule has 0 atom stereocenters. The van der Waals surface area contributed by atoms with Crippen LogP contribution in [-0.2, 0) is 0 Å². The molecule has 2 heterocycles. The van der Waals surface area contributed by atoms with Gasteiger partial charge in [0.15, 0.2) is 0 Å². The van der Waals surface area contributed by atoms with Crippen LogP contribution >= 0.6 is 0 Å². The Morgan fingerprint density at radius 2 is 1.83 bits per heavy atom. The highest BCUT2D eigenvalue weighted by Crippen LogP contribution is 2.31. The topological polar surface area (TPSA) is 54.7 Å². The average Bonchev–Trinajstić information content (AvgIpc) is 3.05. The lowest BCUT2D eigenvalue weighted by atomic mass is 10.1. The van der Waals surface area contributed by atoms with Crippen molar-refractivity contribution in [2.24, 2.45) is 0 Å². The van der Waals surface area contributed by atoms with Crippen molar-refractivity contribution in [3.05, 3.63) is 48.7 Å². The molecule has 0 radical (unpaired) electrons. The molecule has 0 unspecified atom stereocenters. The third-order valence-corrected chi connectivity index (χ3v) is 3.09. The molecule has 4 rings (SSSR count). The molecule has 0 saturated carbocycles.